The molecule has 3 aromatic rings. The SMILES string of the molecule is CC(C)(Br)C(=O)Oc1ccc2c(c1)CCc1cc(OC(=O)C(C)(C)Br)ccc1-c1c-2c1=O. The molecule has 0 atom stereocenters. The molecule has 1 aliphatic carbocycles. The van der Waals surface area contributed by atoms with E-state index < -0.39 is 20.6 Å². The molecule has 3 aromatic carbocycles. The number of aryl methyl sites for hydroxylation is 2. The van der Waals surface area contributed by atoms with Crippen LogP contribution in [0.3, 0.4) is 0 Å². The zero-order chi connectivity index (χ0) is 23.4. The van der Waals surface area contributed by atoms with Gasteiger partial charge in [-0.05, 0) is 87.1 Å². The summed E-state index contributed by atoms with van der Waals surface area (Å²) in [7, 11) is 0. The third kappa shape index (κ3) is 4.46. The van der Waals surface area contributed by atoms with Crippen molar-refractivity contribution >= 4 is 43.8 Å². The molecule has 0 N–H and O–H groups in total. The van der Waals surface area contributed by atoms with Crippen molar-refractivity contribution in [3.05, 3.63) is 57.7 Å². The Balaban J connectivity index is 1.66. The van der Waals surface area contributed by atoms with Crippen molar-refractivity contribution in [1.82, 2.24) is 0 Å². The number of fused-ring (bicyclic) bond motifs is 5. The van der Waals surface area contributed by atoms with Gasteiger partial charge in [0.2, 0.25) is 0 Å². The van der Waals surface area contributed by atoms with Crippen LogP contribution in [0.1, 0.15) is 38.8 Å². The van der Waals surface area contributed by atoms with Gasteiger partial charge >= 0.3 is 11.9 Å². The zero-order valence-corrected chi connectivity index (χ0v) is 21.3. The lowest BCUT2D eigenvalue weighted by Crippen LogP contribution is -2.29. The van der Waals surface area contributed by atoms with Crippen molar-refractivity contribution < 1.29 is 19.1 Å². The van der Waals surface area contributed by atoms with E-state index in [0.29, 0.717) is 35.5 Å². The van der Waals surface area contributed by atoms with E-state index >= 15 is 0 Å². The molecule has 166 valence electrons. The third-order valence-corrected chi connectivity index (χ3v) is 6.04. The Hall–Kier alpha value is -2.25. The molecule has 0 amide bonds. The minimum Gasteiger partial charge on any atom is -0.426 e. The molecule has 4 rings (SSSR count). The predicted molar refractivity (Wildman–Crippen MR) is 131 cm³/mol. The second kappa shape index (κ2) is 7.96. The molecule has 5 nitrogen and oxygen atoms in total. The molecule has 0 heterocycles. The van der Waals surface area contributed by atoms with Crippen LogP contribution in [0.15, 0.2) is 41.2 Å². The highest BCUT2D eigenvalue weighted by atomic mass is 79.9. The summed E-state index contributed by atoms with van der Waals surface area (Å²) in [5.74, 6) is 0.105. The zero-order valence-electron chi connectivity index (χ0n) is 18.2. The normalized spacial score (nSPS) is 13.4. The van der Waals surface area contributed by atoms with Gasteiger partial charge in [0.05, 0.1) is 0 Å². The van der Waals surface area contributed by atoms with Gasteiger partial charge < -0.3 is 9.47 Å². The summed E-state index contributed by atoms with van der Waals surface area (Å²) in [5, 5.41) is 0. The van der Waals surface area contributed by atoms with Crippen molar-refractivity contribution in [3.63, 3.8) is 0 Å². The fourth-order valence-corrected chi connectivity index (χ4v) is 3.74. The molecule has 0 aliphatic heterocycles. The number of carbonyl (C=O) groups excluding carboxylic acids is 2. The van der Waals surface area contributed by atoms with Crippen LogP contribution >= 0.6 is 31.9 Å². The average molecular weight is 562 g/mol. The number of rotatable bonds is 4. The Morgan fingerprint density at radius 2 is 1.12 bits per heavy atom. The van der Waals surface area contributed by atoms with Gasteiger partial charge in [0.1, 0.15) is 20.1 Å². The van der Waals surface area contributed by atoms with E-state index in [1.165, 1.54) is 0 Å². The largest absolute Gasteiger partial charge is 0.426 e. The summed E-state index contributed by atoms with van der Waals surface area (Å²) in [4.78, 5) is 37.1. The monoisotopic (exact) mass is 560 g/mol. The van der Waals surface area contributed by atoms with Crippen LogP contribution in [0, 0.1) is 0 Å². The lowest BCUT2D eigenvalue weighted by Gasteiger charge is -2.18. The van der Waals surface area contributed by atoms with Crippen LogP contribution in [0.2, 0.25) is 0 Å². The molecule has 0 aromatic heterocycles. The summed E-state index contributed by atoms with van der Waals surface area (Å²) in [6, 6.07) is 10.8. The quantitative estimate of drug-likeness (QED) is 0.238. The molecule has 0 unspecified atom stereocenters. The smallest absolute Gasteiger partial charge is 0.327 e. The predicted octanol–water partition coefficient (Wildman–Crippen LogP) is 5.51. The molecular weight excluding hydrogens is 540 g/mol. The first-order chi connectivity index (χ1) is 14.9. The number of hydrogen-bond acceptors (Lipinski definition) is 5. The summed E-state index contributed by atoms with van der Waals surface area (Å²) >= 11 is 6.62. The number of carbonyl (C=O) groups is 2. The van der Waals surface area contributed by atoms with Gasteiger partial charge in [0.25, 0.3) is 0 Å². The first kappa shape index (κ1) is 22.9. The Morgan fingerprint density at radius 3 is 1.47 bits per heavy atom. The Kier molecular flexibility index (Phi) is 5.70. The molecule has 32 heavy (non-hydrogen) atoms. The Bertz CT molecular complexity index is 1160. The summed E-state index contributed by atoms with van der Waals surface area (Å²) in [6.07, 6.45) is 1.30. The number of hydrogen-bond donors (Lipinski definition) is 0. The Morgan fingerprint density at radius 1 is 0.750 bits per heavy atom. The highest BCUT2D eigenvalue weighted by Crippen LogP contribution is 2.42. The molecule has 0 spiro atoms. The van der Waals surface area contributed by atoms with Crippen LogP contribution in [0.5, 0.6) is 11.5 Å². The topological polar surface area (TPSA) is 69.7 Å². The lowest BCUT2D eigenvalue weighted by atomic mass is 9.91. The van der Waals surface area contributed by atoms with E-state index in [1.807, 2.05) is 24.3 Å². The highest BCUT2D eigenvalue weighted by molar-refractivity contribution is 9.10. The molecule has 0 saturated carbocycles. The van der Waals surface area contributed by atoms with Gasteiger partial charge in [-0.25, -0.2) is 0 Å². The van der Waals surface area contributed by atoms with Gasteiger partial charge in [-0.2, -0.15) is 0 Å². The van der Waals surface area contributed by atoms with Crippen molar-refractivity contribution in [2.45, 2.75) is 49.2 Å². The van der Waals surface area contributed by atoms with Crippen molar-refractivity contribution in [3.8, 4) is 33.8 Å². The minimum absolute atomic E-state index is 0.0204. The maximum absolute atomic E-state index is 12.7. The molecule has 7 heteroatoms. The molecule has 0 radical (unpaired) electrons. The average Bonchev–Trinajstić information content (AvgIpc) is 3.33. The lowest BCUT2D eigenvalue weighted by molar-refractivity contribution is -0.136. The van der Waals surface area contributed by atoms with E-state index in [1.54, 1.807) is 39.8 Å². The Labute approximate surface area is 203 Å². The fourth-order valence-electron chi connectivity index (χ4n) is 3.58. The van der Waals surface area contributed by atoms with E-state index in [9.17, 15) is 14.4 Å². The maximum Gasteiger partial charge on any atom is 0.327 e. The summed E-state index contributed by atoms with van der Waals surface area (Å²) in [6.45, 7) is 6.89. The van der Waals surface area contributed by atoms with Gasteiger partial charge in [-0.15, -0.1) is 0 Å². The van der Waals surface area contributed by atoms with E-state index in [-0.39, 0.29) is 5.43 Å². The highest BCUT2D eigenvalue weighted by Gasteiger charge is 2.32. The van der Waals surface area contributed by atoms with Gasteiger partial charge in [-0.1, -0.05) is 44.0 Å². The van der Waals surface area contributed by atoms with Gasteiger partial charge in [-0.3, -0.25) is 14.4 Å². The van der Waals surface area contributed by atoms with Crippen LogP contribution < -0.4 is 14.9 Å². The molecule has 1 aliphatic rings. The fraction of sp³-hybridized carbons (Fsp3) is 0.320. The van der Waals surface area contributed by atoms with Crippen LogP contribution in [0.4, 0.5) is 0 Å². The summed E-state index contributed by atoms with van der Waals surface area (Å²) < 4.78 is 9.42. The van der Waals surface area contributed by atoms with E-state index in [2.05, 4.69) is 31.9 Å². The van der Waals surface area contributed by atoms with Crippen molar-refractivity contribution in [1.29, 1.82) is 0 Å². The van der Waals surface area contributed by atoms with Gasteiger partial charge in [0, 0.05) is 11.1 Å². The van der Waals surface area contributed by atoms with Gasteiger partial charge in [0.15, 0.2) is 5.43 Å². The van der Waals surface area contributed by atoms with Crippen LogP contribution in [-0.2, 0) is 22.4 Å². The number of esters is 2. The second-order valence-electron chi connectivity index (χ2n) is 8.94. The van der Waals surface area contributed by atoms with E-state index in [4.69, 9.17) is 9.47 Å². The number of benzene rings is 2. The molecule has 0 saturated heterocycles. The third-order valence-electron chi connectivity index (χ3n) is 5.39. The molecular formula is C25H22Br2O5. The van der Waals surface area contributed by atoms with Crippen molar-refractivity contribution in [2.24, 2.45) is 0 Å². The number of alkyl halides is 2. The van der Waals surface area contributed by atoms with E-state index in [0.717, 1.165) is 22.3 Å². The molecule has 0 bridgehead atoms. The van der Waals surface area contributed by atoms with Crippen LogP contribution in [0.25, 0.3) is 22.3 Å². The summed E-state index contributed by atoms with van der Waals surface area (Å²) in [5.41, 5.74) is 5.06. The number of halogens is 2. The molecule has 0 fully saturated rings. The van der Waals surface area contributed by atoms with Crippen molar-refractivity contribution in [2.75, 3.05) is 0 Å². The number of ether oxygens (including phenoxy) is 2. The first-order valence-corrected chi connectivity index (χ1v) is 11.8. The standard InChI is InChI=1S/C25H22Br2O5/c1-24(2,26)22(29)31-15-7-9-17-13(11-15)5-6-14-12-16(32-23(30)25(3,4)27)8-10-18(14)20-19(17)21(20)28/h7-12H,5-6H2,1-4H3. The van der Waals surface area contributed by atoms with Crippen LogP contribution in [-0.4, -0.2) is 20.6 Å². The second-order valence-corrected chi connectivity index (χ2v) is 12.9. The first-order valence-electron chi connectivity index (χ1n) is 10.2. The minimum atomic E-state index is -0.796. The maximum atomic E-state index is 12.7.